The van der Waals surface area contributed by atoms with Crippen molar-refractivity contribution in [3.63, 3.8) is 0 Å². The molecule has 0 radical (unpaired) electrons. The van der Waals surface area contributed by atoms with E-state index in [2.05, 4.69) is 21.3 Å². The van der Waals surface area contributed by atoms with E-state index in [9.17, 15) is 27.6 Å². The molecular formula is C21H35N7O7S. The second kappa shape index (κ2) is 14.3. The van der Waals surface area contributed by atoms with Gasteiger partial charge in [-0.1, -0.05) is 26.0 Å². The molecule has 5 amide bonds. The zero-order valence-electron chi connectivity index (χ0n) is 20.2. The van der Waals surface area contributed by atoms with E-state index in [0.717, 1.165) is 0 Å². The van der Waals surface area contributed by atoms with Gasteiger partial charge in [-0.05, 0) is 36.5 Å². The van der Waals surface area contributed by atoms with Gasteiger partial charge in [0.2, 0.25) is 27.7 Å². The van der Waals surface area contributed by atoms with Gasteiger partial charge in [-0.25, -0.2) is 18.4 Å². The fourth-order valence-electron chi connectivity index (χ4n) is 3.09. The number of urea groups is 1. The third-order valence-corrected chi connectivity index (χ3v) is 5.83. The molecule has 14 nitrogen and oxygen atoms in total. The number of hydrogen-bond donors (Lipinski definition) is 8. The molecule has 0 aromatic heterocycles. The Morgan fingerprint density at radius 3 is 2.11 bits per heavy atom. The zero-order chi connectivity index (χ0) is 27.5. The summed E-state index contributed by atoms with van der Waals surface area (Å²) in [5.41, 5.74) is 11.7. The van der Waals surface area contributed by atoms with Gasteiger partial charge in [0.25, 0.3) is 0 Å². The van der Waals surface area contributed by atoms with Crippen LogP contribution in [0.15, 0.2) is 24.3 Å². The molecule has 11 N–H and O–H groups in total. The summed E-state index contributed by atoms with van der Waals surface area (Å²) in [5.74, 6) is -3.40. The molecule has 0 heterocycles. The molecule has 0 bridgehead atoms. The van der Waals surface area contributed by atoms with Gasteiger partial charge in [0, 0.05) is 12.2 Å². The van der Waals surface area contributed by atoms with Crippen molar-refractivity contribution in [2.45, 2.75) is 51.4 Å². The lowest BCUT2D eigenvalue weighted by molar-refractivity contribution is -0.132. The molecule has 0 aliphatic carbocycles. The number of rotatable bonds is 14. The minimum Gasteiger partial charge on any atom is -0.392 e. The number of anilines is 1. The van der Waals surface area contributed by atoms with Crippen LogP contribution in [-0.2, 0) is 31.0 Å². The summed E-state index contributed by atoms with van der Waals surface area (Å²) in [4.78, 5) is 49.2. The Hall–Kier alpha value is -3.27. The minimum atomic E-state index is -4.02. The normalized spacial score (nSPS) is 13.8. The maximum absolute atomic E-state index is 13.0. The topological polar surface area (TPSA) is 249 Å². The number of nitrogens with one attached hydrogen (secondary N) is 4. The van der Waals surface area contributed by atoms with Crippen LogP contribution < -0.4 is 37.9 Å². The third-order valence-electron chi connectivity index (χ3n) is 5.00. The van der Waals surface area contributed by atoms with Crippen molar-refractivity contribution in [1.29, 1.82) is 0 Å². The quantitative estimate of drug-likeness (QED) is 0.123. The minimum absolute atomic E-state index is 0.121. The summed E-state index contributed by atoms with van der Waals surface area (Å²) in [7, 11) is -4.02. The van der Waals surface area contributed by atoms with E-state index in [-0.39, 0.29) is 19.6 Å². The van der Waals surface area contributed by atoms with E-state index in [0.29, 0.717) is 17.7 Å². The highest BCUT2D eigenvalue weighted by atomic mass is 32.2. The van der Waals surface area contributed by atoms with E-state index >= 15 is 0 Å². The zero-order valence-corrected chi connectivity index (χ0v) is 21.0. The molecule has 0 saturated carbocycles. The van der Waals surface area contributed by atoms with Gasteiger partial charge < -0.3 is 37.8 Å². The van der Waals surface area contributed by atoms with Crippen molar-refractivity contribution in [3.05, 3.63) is 29.8 Å². The summed E-state index contributed by atoms with van der Waals surface area (Å²) < 4.78 is 22.4. The fourth-order valence-corrected chi connectivity index (χ4v) is 3.74. The van der Waals surface area contributed by atoms with E-state index in [1.54, 1.807) is 38.1 Å². The van der Waals surface area contributed by atoms with Crippen LogP contribution in [0.1, 0.15) is 32.3 Å². The molecule has 0 saturated heterocycles. The number of carbonyl (C=O) groups is 4. The first-order valence-electron chi connectivity index (χ1n) is 11.1. The highest BCUT2D eigenvalue weighted by Gasteiger charge is 2.31. The first kappa shape index (κ1) is 30.8. The molecule has 1 aromatic rings. The number of nitrogens with two attached hydrogens (primary N) is 3. The van der Waals surface area contributed by atoms with Crippen LogP contribution in [0.25, 0.3) is 0 Å². The summed E-state index contributed by atoms with van der Waals surface area (Å²) in [6.45, 7) is 3.28. The first-order valence-corrected chi connectivity index (χ1v) is 12.9. The summed E-state index contributed by atoms with van der Waals surface area (Å²) in [6, 6.07) is 2.00. The summed E-state index contributed by atoms with van der Waals surface area (Å²) >= 11 is 0. The highest BCUT2D eigenvalue weighted by Crippen LogP contribution is 2.12. The fraction of sp³-hybridized carbons (Fsp3) is 0.524. The Kier molecular flexibility index (Phi) is 12.2. The Morgan fingerprint density at radius 2 is 1.61 bits per heavy atom. The Bertz CT molecular complexity index is 1020. The van der Waals surface area contributed by atoms with Crippen LogP contribution in [0.4, 0.5) is 10.5 Å². The number of amides is 5. The predicted octanol–water partition coefficient (Wildman–Crippen LogP) is -2.19. The Labute approximate surface area is 209 Å². The molecule has 0 unspecified atom stereocenters. The number of sulfonamides is 1. The van der Waals surface area contributed by atoms with Crippen LogP contribution >= 0.6 is 0 Å². The standard InChI is InChI=1S/C21H35N7O7S/c1-12(2)17(28-18(30)15(22)11-36(24,34)35)20(32)27-16(4-3-9-25-21(23)33)19(31)26-14-7-5-13(10-29)6-8-14/h5-8,12,15-17,29H,3-4,9-11,22H2,1-2H3,(H,26,31)(H,27,32)(H,28,30)(H3,23,25,33)(H2,24,34,35)/t15-,16-,17-/m0/s1. The second-order valence-corrected chi connectivity index (χ2v) is 10.2. The molecule has 202 valence electrons. The number of carbonyl (C=O) groups excluding carboxylic acids is 4. The molecule has 15 heteroatoms. The van der Waals surface area contributed by atoms with E-state index in [1.165, 1.54) is 0 Å². The number of benzene rings is 1. The monoisotopic (exact) mass is 529 g/mol. The SMILES string of the molecule is CC(C)[C@H](NC(=O)[C@@H](N)CS(N)(=O)=O)C(=O)N[C@@H](CCCNC(N)=O)C(=O)Nc1ccc(CO)cc1. The lowest BCUT2D eigenvalue weighted by Gasteiger charge is -2.26. The number of aliphatic hydroxyl groups is 1. The van der Waals surface area contributed by atoms with Gasteiger partial charge in [0.05, 0.1) is 18.4 Å². The molecule has 3 atom stereocenters. The second-order valence-electron chi connectivity index (χ2n) is 8.51. The molecular weight excluding hydrogens is 494 g/mol. The molecule has 0 fully saturated rings. The number of primary sulfonamides is 1. The molecule has 0 spiro atoms. The maximum Gasteiger partial charge on any atom is 0.312 e. The van der Waals surface area contributed by atoms with Crippen LogP contribution in [-0.4, -0.2) is 67.7 Å². The van der Waals surface area contributed by atoms with Gasteiger partial charge in [-0.2, -0.15) is 0 Å². The van der Waals surface area contributed by atoms with Crippen LogP contribution in [0, 0.1) is 5.92 Å². The molecule has 1 rings (SSSR count). The van der Waals surface area contributed by atoms with Crippen molar-refractivity contribution in [2.75, 3.05) is 17.6 Å². The highest BCUT2D eigenvalue weighted by molar-refractivity contribution is 7.89. The van der Waals surface area contributed by atoms with Crippen molar-refractivity contribution in [3.8, 4) is 0 Å². The first-order chi connectivity index (χ1) is 16.7. The summed E-state index contributed by atoms with van der Waals surface area (Å²) in [6.07, 6.45) is 0.416. The number of hydrogen-bond acceptors (Lipinski definition) is 8. The van der Waals surface area contributed by atoms with Gasteiger partial charge in [0.1, 0.15) is 12.1 Å². The Balaban J connectivity index is 2.97. The largest absolute Gasteiger partial charge is 0.392 e. The van der Waals surface area contributed by atoms with Crippen LogP contribution in [0.3, 0.4) is 0 Å². The van der Waals surface area contributed by atoms with E-state index < -0.39 is 63.6 Å². The number of aliphatic hydroxyl groups excluding tert-OH is 1. The van der Waals surface area contributed by atoms with Crippen molar-refractivity contribution in [1.82, 2.24) is 16.0 Å². The van der Waals surface area contributed by atoms with Crippen LogP contribution in [0.2, 0.25) is 0 Å². The maximum atomic E-state index is 13.0. The average molecular weight is 530 g/mol. The van der Waals surface area contributed by atoms with Crippen LogP contribution in [0.5, 0.6) is 0 Å². The predicted molar refractivity (Wildman–Crippen MR) is 132 cm³/mol. The molecule has 1 aromatic carbocycles. The third kappa shape index (κ3) is 11.4. The van der Waals surface area contributed by atoms with Crippen molar-refractivity contribution in [2.24, 2.45) is 22.5 Å². The lowest BCUT2D eigenvalue weighted by Crippen LogP contribution is -2.57. The number of primary amides is 1. The lowest BCUT2D eigenvalue weighted by atomic mass is 10.0. The van der Waals surface area contributed by atoms with E-state index in [1.807, 2.05) is 0 Å². The van der Waals surface area contributed by atoms with Gasteiger partial charge >= 0.3 is 6.03 Å². The summed E-state index contributed by atoms with van der Waals surface area (Å²) in [5, 5.41) is 24.1. The van der Waals surface area contributed by atoms with Crippen molar-refractivity contribution >= 4 is 39.5 Å². The molecule has 0 aliphatic rings. The molecule has 36 heavy (non-hydrogen) atoms. The van der Waals surface area contributed by atoms with Gasteiger partial charge in [0.15, 0.2) is 0 Å². The average Bonchev–Trinajstić information content (AvgIpc) is 2.77. The molecule has 0 aliphatic heterocycles. The van der Waals surface area contributed by atoms with Gasteiger partial charge in [-0.3, -0.25) is 14.4 Å². The van der Waals surface area contributed by atoms with Crippen molar-refractivity contribution < 1.29 is 32.7 Å². The van der Waals surface area contributed by atoms with E-state index in [4.69, 9.17) is 21.7 Å². The van der Waals surface area contributed by atoms with Gasteiger partial charge in [-0.15, -0.1) is 0 Å². The smallest absolute Gasteiger partial charge is 0.312 e. The Morgan fingerprint density at radius 1 is 1.00 bits per heavy atom.